The van der Waals surface area contributed by atoms with Crippen LogP contribution in [-0.4, -0.2) is 75.7 Å². The van der Waals surface area contributed by atoms with E-state index in [0.717, 1.165) is 0 Å². The van der Waals surface area contributed by atoms with Gasteiger partial charge in [-0.2, -0.15) is 0 Å². The van der Waals surface area contributed by atoms with E-state index in [-0.39, 0.29) is 0 Å². The van der Waals surface area contributed by atoms with Gasteiger partial charge in [0.25, 0.3) is 0 Å². The van der Waals surface area contributed by atoms with Gasteiger partial charge in [-0.1, -0.05) is 0 Å². The molecule has 2 nitrogen and oxygen atoms in total. The maximum atomic E-state index is 7.86. The van der Waals surface area contributed by atoms with Crippen molar-refractivity contribution in [2.75, 3.05) is 65.9 Å². The third-order valence-corrected chi connectivity index (χ3v) is 14.4. The van der Waals surface area contributed by atoms with Gasteiger partial charge < -0.3 is 0 Å². The summed E-state index contributed by atoms with van der Waals surface area (Å²) in [5.41, 5.74) is 0. The van der Waals surface area contributed by atoms with Crippen molar-refractivity contribution in [1.29, 1.82) is 0 Å². The van der Waals surface area contributed by atoms with Crippen LogP contribution in [0.15, 0.2) is 0 Å². The molecule has 0 heterocycles. The average molecular weight is 465 g/mol. The third-order valence-electron chi connectivity index (χ3n) is 6.54. The molecular formula is C26H58ClN2P. The van der Waals surface area contributed by atoms with Gasteiger partial charge in [0.05, 0.1) is 0 Å². The fourth-order valence-electron chi connectivity index (χ4n) is 5.08. The number of halogens is 1. The summed E-state index contributed by atoms with van der Waals surface area (Å²) in [5.74, 6) is -1.45. The molecule has 184 valence electrons. The summed E-state index contributed by atoms with van der Waals surface area (Å²) in [6.45, 7) is 9.43. The quantitative estimate of drug-likeness (QED) is 0.125. The molecule has 0 fully saturated rings. The second-order valence-electron chi connectivity index (χ2n) is 11.1. The molecule has 0 aromatic rings. The predicted octanol–water partition coefficient (Wildman–Crippen LogP) is 8.17. The number of hydrogen-bond donors (Lipinski definition) is 0. The molecule has 0 radical (unpaired) electrons. The van der Waals surface area contributed by atoms with Crippen LogP contribution in [0.4, 0.5) is 0 Å². The van der Waals surface area contributed by atoms with Gasteiger partial charge in [-0.3, -0.25) is 0 Å². The van der Waals surface area contributed by atoms with Gasteiger partial charge in [0, 0.05) is 0 Å². The summed E-state index contributed by atoms with van der Waals surface area (Å²) in [6, 6.07) is 0. The predicted molar refractivity (Wildman–Crippen MR) is 145 cm³/mol. The normalized spacial score (nSPS) is 14.0. The van der Waals surface area contributed by atoms with Crippen LogP contribution in [0.3, 0.4) is 0 Å². The van der Waals surface area contributed by atoms with Crippen LogP contribution in [-0.2, 0) is 0 Å². The molecule has 0 unspecified atom stereocenters. The standard InChI is InChI=1S/C26H58ClN2P/c1-8-9-10-11-12-13-14-15-16-17-22-30(27,25-26(2)3,23-18-20-28(4)5)24-19-21-29(6)7/h26H,8-25H2,1-7H3. The molecular weight excluding hydrogens is 407 g/mol. The molecule has 4 heteroatoms. The SMILES string of the molecule is CCCCCCCCCCCCP(Cl)(CCCN(C)C)(CCCN(C)C)CC(C)C. The summed E-state index contributed by atoms with van der Waals surface area (Å²) in [5, 5.41) is 0. The van der Waals surface area contributed by atoms with Crippen LogP contribution in [0.2, 0.25) is 0 Å². The summed E-state index contributed by atoms with van der Waals surface area (Å²) in [7, 11) is 8.78. The van der Waals surface area contributed by atoms with Crippen molar-refractivity contribution in [3.05, 3.63) is 0 Å². The van der Waals surface area contributed by atoms with Gasteiger partial charge in [0.2, 0.25) is 0 Å². The zero-order chi connectivity index (χ0) is 22.9. The molecule has 0 saturated carbocycles. The second-order valence-corrected chi connectivity index (χ2v) is 19.3. The van der Waals surface area contributed by atoms with Gasteiger partial charge in [0.1, 0.15) is 0 Å². The van der Waals surface area contributed by atoms with Gasteiger partial charge in [-0.05, 0) is 0 Å². The minimum atomic E-state index is -2.16. The van der Waals surface area contributed by atoms with E-state index in [1.54, 1.807) is 0 Å². The first-order valence-electron chi connectivity index (χ1n) is 13.1. The molecule has 0 saturated heterocycles. The fourth-order valence-corrected chi connectivity index (χ4v) is 12.9. The first-order chi connectivity index (χ1) is 14.1. The molecule has 30 heavy (non-hydrogen) atoms. The van der Waals surface area contributed by atoms with Crippen LogP contribution in [0.1, 0.15) is 97.8 Å². The Morgan fingerprint density at radius 1 is 0.600 bits per heavy atom. The molecule has 0 rings (SSSR count). The van der Waals surface area contributed by atoms with Crippen LogP contribution in [0, 0.1) is 5.92 Å². The first kappa shape index (κ1) is 30.6. The van der Waals surface area contributed by atoms with Crippen molar-refractivity contribution >= 4 is 17.2 Å². The van der Waals surface area contributed by atoms with Gasteiger partial charge in [-0.15, -0.1) is 0 Å². The van der Waals surface area contributed by atoms with Gasteiger partial charge >= 0.3 is 197 Å². The molecule has 0 aromatic carbocycles. The van der Waals surface area contributed by atoms with Crippen molar-refractivity contribution in [3.63, 3.8) is 0 Å². The van der Waals surface area contributed by atoms with Crippen molar-refractivity contribution in [2.24, 2.45) is 5.92 Å². The Bertz CT molecular complexity index is 384. The molecule has 0 bridgehead atoms. The second kappa shape index (κ2) is 17.2. The third kappa shape index (κ3) is 16.3. The van der Waals surface area contributed by atoms with E-state index < -0.39 is 5.96 Å². The number of unbranched alkanes of at least 4 members (excludes halogenated alkanes) is 9. The Morgan fingerprint density at radius 3 is 1.33 bits per heavy atom. The van der Waals surface area contributed by atoms with E-state index in [1.807, 2.05) is 0 Å². The Hall–Kier alpha value is 0.640. The van der Waals surface area contributed by atoms with Crippen LogP contribution >= 0.6 is 17.2 Å². The molecule has 0 amide bonds. The first-order valence-corrected chi connectivity index (χ1v) is 17.0. The number of nitrogens with zero attached hydrogens (tertiary/aromatic N) is 2. The molecule has 0 aliphatic rings. The van der Waals surface area contributed by atoms with E-state index in [1.165, 1.54) is 115 Å². The Kier molecular flexibility index (Phi) is 17.5. The Morgan fingerprint density at radius 2 is 0.967 bits per heavy atom. The zero-order valence-corrected chi connectivity index (χ0v) is 23.7. The summed E-state index contributed by atoms with van der Waals surface area (Å²) in [6.07, 6.45) is 21.8. The Labute approximate surface area is 196 Å². The topological polar surface area (TPSA) is 6.48 Å². The van der Waals surface area contributed by atoms with Crippen molar-refractivity contribution in [3.8, 4) is 0 Å². The van der Waals surface area contributed by atoms with Gasteiger partial charge in [-0.25, -0.2) is 0 Å². The van der Waals surface area contributed by atoms with Crippen LogP contribution in [0.25, 0.3) is 0 Å². The molecule has 0 spiro atoms. The summed E-state index contributed by atoms with van der Waals surface area (Å²) >= 11 is 7.86. The minimum absolute atomic E-state index is 0.710. The number of hydrogen-bond acceptors (Lipinski definition) is 2. The zero-order valence-electron chi connectivity index (χ0n) is 22.0. The molecule has 0 aliphatic heterocycles. The van der Waals surface area contributed by atoms with Gasteiger partial charge in [0.15, 0.2) is 0 Å². The van der Waals surface area contributed by atoms with Crippen LogP contribution < -0.4 is 0 Å². The number of rotatable bonds is 21. The Balaban J connectivity index is 4.67. The molecule has 0 aromatic heterocycles. The summed E-state index contributed by atoms with van der Waals surface area (Å²) in [4.78, 5) is 4.65. The molecule has 0 atom stereocenters. The molecule has 0 N–H and O–H groups in total. The van der Waals surface area contributed by atoms with E-state index in [4.69, 9.17) is 11.2 Å². The van der Waals surface area contributed by atoms with E-state index in [0.29, 0.717) is 5.92 Å². The molecule has 0 aliphatic carbocycles. The van der Waals surface area contributed by atoms with E-state index >= 15 is 0 Å². The van der Waals surface area contributed by atoms with E-state index in [9.17, 15) is 0 Å². The van der Waals surface area contributed by atoms with Crippen molar-refractivity contribution < 1.29 is 0 Å². The van der Waals surface area contributed by atoms with E-state index in [2.05, 4.69) is 58.8 Å². The van der Waals surface area contributed by atoms with Crippen LogP contribution in [0.5, 0.6) is 0 Å². The van der Waals surface area contributed by atoms with Crippen molar-refractivity contribution in [2.45, 2.75) is 97.8 Å². The summed E-state index contributed by atoms with van der Waals surface area (Å²) < 4.78 is 0. The van der Waals surface area contributed by atoms with Crippen molar-refractivity contribution in [1.82, 2.24) is 9.80 Å². The average Bonchev–Trinajstić information content (AvgIpc) is 2.62. The maximum absolute atomic E-state index is 7.86. The fraction of sp³-hybridized carbons (Fsp3) is 1.00. The monoisotopic (exact) mass is 464 g/mol.